The summed E-state index contributed by atoms with van der Waals surface area (Å²) in [5.74, 6) is 0.139. The zero-order valence-electron chi connectivity index (χ0n) is 19.9. The average Bonchev–Trinajstić information content (AvgIpc) is 3.46. The topological polar surface area (TPSA) is 43.4 Å². The fraction of sp³-hybridized carbons (Fsp3) is 0.769. The van der Waals surface area contributed by atoms with Crippen molar-refractivity contribution < 1.29 is 18.9 Å². The molecule has 2 atom stereocenters. The molecule has 0 amide bonds. The van der Waals surface area contributed by atoms with Crippen LogP contribution in [0.3, 0.4) is 0 Å². The predicted octanol–water partition coefficient (Wildman–Crippen LogP) is 3.64. The smallest absolute Gasteiger partial charge is 0.169 e. The predicted molar refractivity (Wildman–Crippen MR) is 123 cm³/mol. The molecule has 178 valence electrons. The Bertz CT molecular complexity index is 680. The van der Waals surface area contributed by atoms with Crippen LogP contribution in [0.15, 0.2) is 24.3 Å². The van der Waals surface area contributed by atoms with E-state index >= 15 is 0 Å². The van der Waals surface area contributed by atoms with Crippen LogP contribution in [0.1, 0.15) is 50.7 Å². The zero-order valence-corrected chi connectivity index (χ0v) is 19.9. The number of likely N-dealkylation sites (tertiary alicyclic amines) is 2. The highest BCUT2D eigenvalue weighted by atomic mass is 16.7. The van der Waals surface area contributed by atoms with E-state index in [0.29, 0.717) is 11.8 Å². The van der Waals surface area contributed by atoms with E-state index in [0.717, 1.165) is 65.7 Å². The summed E-state index contributed by atoms with van der Waals surface area (Å²) < 4.78 is 23.8. The Morgan fingerprint density at radius 3 is 1.44 bits per heavy atom. The number of hydrogen-bond donors (Lipinski definition) is 0. The Hall–Kier alpha value is -1.02. The molecule has 4 fully saturated rings. The summed E-state index contributed by atoms with van der Waals surface area (Å²) in [5.41, 5.74) is 2.79. The van der Waals surface area contributed by atoms with Crippen molar-refractivity contribution in [3.8, 4) is 0 Å². The highest BCUT2D eigenvalue weighted by molar-refractivity contribution is 5.22. The van der Waals surface area contributed by atoms with Gasteiger partial charge in [0.1, 0.15) is 0 Å². The first-order valence-electron chi connectivity index (χ1n) is 12.6. The minimum atomic E-state index is -0.388. The number of benzene rings is 1. The van der Waals surface area contributed by atoms with Gasteiger partial charge in [-0.05, 0) is 63.7 Å². The molecule has 0 aliphatic carbocycles. The summed E-state index contributed by atoms with van der Waals surface area (Å²) in [6.45, 7) is 13.6. The molecule has 5 rings (SSSR count). The maximum atomic E-state index is 5.94. The summed E-state index contributed by atoms with van der Waals surface area (Å²) in [6, 6.07) is 9.26. The number of piperidine rings is 2. The lowest BCUT2D eigenvalue weighted by molar-refractivity contribution is -0.192. The minimum absolute atomic E-state index is 0.388. The van der Waals surface area contributed by atoms with Gasteiger partial charge in [0, 0.05) is 38.0 Å². The molecular formula is C26H40N2O4. The first kappa shape index (κ1) is 22.8. The van der Waals surface area contributed by atoms with E-state index in [2.05, 4.69) is 47.9 Å². The summed E-state index contributed by atoms with van der Waals surface area (Å²) in [7, 11) is 0. The van der Waals surface area contributed by atoms with Crippen molar-refractivity contribution in [1.82, 2.24) is 9.80 Å². The van der Waals surface area contributed by atoms with Gasteiger partial charge in [0.05, 0.1) is 26.4 Å². The molecule has 0 aromatic heterocycles. The standard InChI is InChI=1S/C26H40N2O4/c1-25(29-13-14-30-25)23-5-3-11-27(19-23)17-21-7-9-22(10-8-21)18-28-12-4-6-24(20-28)26(2)31-15-16-32-26/h7-10,23-24H,3-6,11-20H2,1-2H3. The minimum Gasteiger partial charge on any atom is -0.347 e. The van der Waals surface area contributed by atoms with Crippen LogP contribution in [0.2, 0.25) is 0 Å². The second kappa shape index (κ2) is 9.69. The third-order valence-corrected chi connectivity index (χ3v) is 8.05. The lowest BCUT2D eigenvalue weighted by Crippen LogP contribution is -2.46. The Balaban J connectivity index is 1.13. The normalized spacial score (nSPS) is 31.2. The molecule has 6 heteroatoms. The quantitative estimate of drug-likeness (QED) is 0.668. The summed E-state index contributed by atoms with van der Waals surface area (Å²) in [5, 5.41) is 0. The Labute approximate surface area is 193 Å². The van der Waals surface area contributed by atoms with Gasteiger partial charge in [-0.2, -0.15) is 0 Å². The molecule has 0 saturated carbocycles. The van der Waals surface area contributed by atoms with E-state index in [1.165, 1.54) is 36.8 Å². The molecule has 0 N–H and O–H groups in total. The van der Waals surface area contributed by atoms with Crippen molar-refractivity contribution in [2.24, 2.45) is 11.8 Å². The Morgan fingerprint density at radius 2 is 1.06 bits per heavy atom. The monoisotopic (exact) mass is 444 g/mol. The lowest BCUT2D eigenvalue weighted by Gasteiger charge is -2.40. The van der Waals surface area contributed by atoms with Gasteiger partial charge >= 0.3 is 0 Å². The van der Waals surface area contributed by atoms with Crippen LogP contribution in [0.4, 0.5) is 0 Å². The van der Waals surface area contributed by atoms with Crippen molar-refractivity contribution in [2.75, 3.05) is 52.6 Å². The molecule has 2 unspecified atom stereocenters. The molecule has 0 spiro atoms. The van der Waals surface area contributed by atoms with Crippen LogP contribution in [-0.4, -0.2) is 74.0 Å². The number of hydrogen-bond acceptors (Lipinski definition) is 6. The van der Waals surface area contributed by atoms with Gasteiger partial charge in [0.25, 0.3) is 0 Å². The molecule has 4 saturated heterocycles. The number of nitrogens with zero attached hydrogens (tertiary/aromatic N) is 2. The van der Waals surface area contributed by atoms with E-state index in [4.69, 9.17) is 18.9 Å². The highest BCUT2D eigenvalue weighted by Gasteiger charge is 2.42. The van der Waals surface area contributed by atoms with Crippen LogP contribution in [0.5, 0.6) is 0 Å². The summed E-state index contributed by atoms with van der Waals surface area (Å²) >= 11 is 0. The highest BCUT2D eigenvalue weighted by Crippen LogP contribution is 2.35. The third-order valence-electron chi connectivity index (χ3n) is 8.05. The number of ether oxygens (including phenoxy) is 4. The molecule has 0 bridgehead atoms. The Morgan fingerprint density at radius 1 is 0.688 bits per heavy atom. The van der Waals surface area contributed by atoms with Gasteiger partial charge in [0.2, 0.25) is 0 Å². The molecule has 4 aliphatic heterocycles. The molecule has 0 radical (unpaired) electrons. The van der Waals surface area contributed by atoms with Gasteiger partial charge in [-0.25, -0.2) is 0 Å². The molecule has 4 aliphatic rings. The van der Waals surface area contributed by atoms with Gasteiger partial charge in [0.15, 0.2) is 11.6 Å². The van der Waals surface area contributed by atoms with Crippen molar-refractivity contribution >= 4 is 0 Å². The summed E-state index contributed by atoms with van der Waals surface area (Å²) in [4.78, 5) is 5.13. The van der Waals surface area contributed by atoms with E-state index in [-0.39, 0.29) is 11.6 Å². The van der Waals surface area contributed by atoms with Gasteiger partial charge in [-0.1, -0.05) is 24.3 Å². The van der Waals surface area contributed by atoms with Crippen LogP contribution in [0.25, 0.3) is 0 Å². The third kappa shape index (κ3) is 5.06. The molecule has 6 nitrogen and oxygen atoms in total. The maximum Gasteiger partial charge on any atom is 0.169 e. The maximum absolute atomic E-state index is 5.94. The molecule has 32 heavy (non-hydrogen) atoms. The van der Waals surface area contributed by atoms with E-state index < -0.39 is 0 Å². The second-order valence-corrected chi connectivity index (χ2v) is 10.4. The second-order valence-electron chi connectivity index (χ2n) is 10.4. The molecular weight excluding hydrogens is 404 g/mol. The number of rotatable bonds is 6. The van der Waals surface area contributed by atoms with Crippen molar-refractivity contribution in [2.45, 2.75) is 64.2 Å². The fourth-order valence-corrected chi connectivity index (χ4v) is 6.05. The van der Waals surface area contributed by atoms with E-state index in [9.17, 15) is 0 Å². The van der Waals surface area contributed by atoms with Crippen LogP contribution < -0.4 is 0 Å². The van der Waals surface area contributed by atoms with Gasteiger partial charge in [-0.15, -0.1) is 0 Å². The van der Waals surface area contributed by atoms with E-state index in [1.807, 2.05) is 0 Å². The SMILES string of the molecule is CC1(C2CCCN(Cc3ccc(CN4CCCC(C5(C)OCCO5)C4)cc3)C2)OCCO1. The molecule has 1 aromatic carbocycles. The first-order chi connectivity index (χ1) is 15.5. The average molecular weight is 445 g/mol. The Kier molecular flexibility index (Phi) is 6.89. The van der Waals surface area contributed by atoms with Gasteiger partial charge in [-0.3, -0.25) is 9.80 Å². The van der Waals surface area contributed by atoms with Crippen molar-refractivity contribution in [3.63, 3.8) is 0 Å². The van der Waals surface area contributed by atoms with Crippen LogP contribution in [-0.2, 0) is 32.0 Å². The molecule has 4 heterocycles. The van der Waals surface area contributed by atoms with Crippen molar-refractivity contribution in [3.05, 3.63) is 35.4 Å². The zero-order chi connectivity index (χ0) is 22.0. The lowest BCUT2D eigenvalue weighted by atomic mass is 9.90. The largest absolute Gasteiger partial charge is 0.347 e. The first-order valence-corrected chi connectivity index (χ1v) is 12.6. The van der Waals surface area contributed by atoms with E-state index in [1.54, 1.807) is 0 Å². The van der Waals surface area contributed by atoms with Crippen molar-refractivity contribution in [1.29, 1.82) is 0 Å². The van der Waals surface area contributed by atoms with Crippen LogP contribution >= 0.6 is 0 Å². The molecule has 1 aromatic rings. The van der Waals surface area contributed by atoms with Gasteiger partial charge < -0.3 is 18.9 Å². The van der Waals surface area contributed by atoms with Crippen LogP contribution in [0, 0.1) is 11.8 Å². The fourth-order valence-electron chi connectivity index (χ4n) is 6.05. The summed E-state index contributed by atoms with van der Waals surface area (Å²) in [6.07, 6.45) is 4.82.